The van der Waals surface area contributed by atoms with E-state index in [4.69, 9.17) is 26.8 Å². The molecule has 0 spiro atoms. The lowest BCUT2D eigenvalue weighted by Gasteiger charge is -2.17. The van der Waals surface area contributed by atoms with Crippen LogP contribution in [-0.4, -0.2) is 24.7 Å². The lowest BCUT2D eigenvalue weighted by atomic mass is 9.91. The smallest absolute Gasteiger partial charge is 0.261 e. The van der Waals surface area contributed by atoms with Crippen LogP contribution in [-0.2, 0) is 22.6 Å². The first kappa shape index (κ1) is 21.1. The van der Waals surface area contributed by atoms with Crippen LogP contribution in [0.15, 0.2) is 53.9 Å². The fraction of sp³-hybridized carbons (Fsp3) is 0.348. The van der Waals surface area contributed by atoms with Gasteiger partial charge in [0.15, 0.2) is 12.9 Å². The molecule has 154 valence electrons. The molecule has 0 saturated heterocycles. The molecule has 0 fully saturated rings. The molecule has 6 heteroatoms. The molecule has 1 aliphatic carbocycles. The second-order valence-corrected chi connectivity index (χ2v) is 7.59. The normalized spacial score (nSPS) is 17.1. The number of Topliss-reactive ketones (excluding diaryl/α,β-unsaturated/α-hetero) is 1. The number of ether oxygens (including phenoxy) is 3. The Balaban J connectivity index is 1.77. The molecule has 0 bridgehead atoms. The van der Waals surface area contributed by atoms with Crippen LogP contribution >= 0.6 is 11.6 Å². The van der Waals surface area contributed by atoms with E-state index in [0.717, 1.165) is 29.7 Å². The highest BCUT2D eigenvalue weighted by molar-refractivity contribution is 6.30. The average Bonchev–Trinajstić information content (AvgIpc) is 2.84. The minimum absolute atomic E-state index is 0.0436. The van der Waals surface area contributed by atoms with E-state index in [-0.39, 0.29) is 24.1 Å². The van der Waals surface area contributed by atoms with Gasteiger partial charge in [0.05, 0.1) is 18.4 Å². The van der Waals surface area contributed by atoms with Gasteiger partial charge in [0.25, 0.3) is 5.75 Å². The topological polar surface area (TPSA) is 74.3 Å². The van der Waals surface area contributed by atoms with Crippen LogP contribution in [0.5, 0.6) is 11.5 Å². The van der Waals surface area contributed by atoms with E-state index in [1.165, 1.54) is 0 Å². The molecule has 29 heavy (non-hydrogen) atoms. The van der Waals surface area contributed by atoms with Crippen molar-refractivity contribution in [2.75, 3.05) is 14.2 Å². The Morgan fingerprint density at radius 2 is 2.07 bits per heavy atom. The zero-order chi connectivity index (χ0) is 20.8. The van der Waals surface area contributed by atoms with Gasteiger partial charge in [-0.2, -0.15) is 0 Å². The number of methoxy groups -OCH3 is 1. The third-order valence-corrected chi connectivity index (χ3v) is 5.39. The van der Waals surface area contributed by atoms with Crippen molar-refractivity contribution in [3.8, 4) is 11.5 Å². The minimum Gasteiger partial charge on any atom is -0.584 e. The molecule has 0 radical (unpaired) electrons. The molecule has 0 heterocycles. The molecule has 1 aliphatic rings. The number of nitrogens with two attached hydrogens (primary N) is 1. The van der Waals surface area contributed by atoms with Gasteiger partial charge in [-0.15, -0.1) is 0 Å². The first-order valence-electron chi connectivity index (χ1n) is 9.68. The van der Waals surface area contributed by atoms with Crippen LogP contribution in [0.2, 0.25) is 5.02 Å². The monoisotopic (exact) mass is 416 g/mol. The van der Waals surface area contributed by atoms with Gasteiger partial charge in [-0.25, -0.2) is 0 Å². The van der Waals surface area contributed by atoms with Gasteiger partial charge in [0.1, 0.15) is 12.4 Å². The number of hydrogen-bond donors (Lipinski definition) is 1. The number of carbonyl (C=O) groups is 1. The Labute approximate surface area is 176 Å². The summed E-state index contributed by atoms with van der Waals surface area (Å²) in [5.41, 5.74) is 8.60. The highest BCUT2D eigenvalue weighted by atomic mass is 35.5. The van der Waals surface area contributed by atoms with Crippen LogP contribution in [0.25, 0.3) is 0 Å². The maximum atomic E-state index is 13.2. The van der Waals surface area contributed by atoms with Crippen molar-refractivity contribution in [3.63, 3.8) is 0 Å². The first-order chi connectivity index (χ1) is 14.0. The van der Waals surface area contributed by atoms with E-state index in [1.807, 2.05) is 42.5 Å². The molecule has 2 aromatic rings. The van der Waals surface area contributed by atoms with Gasteiger partial charge in [0.2, 0.25) is 5.78 Å². The Kier molecular flexibility index (Phi) is 7.04. The van der Waals surface area contributed by atoms with Crippen molar-refractivity contribution in [2.45, 2.75) is 32.3 Å². The lowest BCUT2D eigenvalue weighted by Crippen LogP contribution is -2.21. The molecule has 1 atom stereocenters. The fourth-order valence-electron chi connectivity index (χ4n) is 3.61. The molecular weight excluding hydrogens is 390 g/mol. The van der Waals surface area contributed by atoms with E-state index in [0.29, 0.717) is 29.3 Å². The van der Waals surface area contributed by atoms with Crippen LogP contribution in [0.3, 0.4) is 0 Å². The maximum Gasteiger partial charge on any atom is 0.261 e. The maximum absolute atomic E-state index is 13.2. The molecule has 3 N–H and O–H groups in total. The quantitative estimate of drug-likeness (QED) is 0.673. The number of carbonyl (C=O) groups excluding carboxylic acids is 1. The number of aliphatic hydroxyl groups is 1. The number of rotatable bonds is 7. The molecule has 5 nitrogen and oxygen atoms in total. The van der Waals surface area contributed by atoms with Crippen LogP contribution in [0.4, 0.5) is 0 Å². The fourth-order valence-corrected chi connectivity index (χ4v) is 3.82. The van der Waals surface area contributed by atoms with Gasteiger partial charge in [-0.3, -0.25) is 4.79 Å². The zero-order valence-corrected chi connectivity index (χ0v) is 17.5. The van der Waals surface area contributed by atoms with Gasteiger partial charge >= 0.3 is 0 Å². The third kappa shape index (κ3) is 5.24. The molecule has 0 saturated carbocycles. The number of aromatic hydroxyl groups is 1. The zero-order valence-electron chi connectivity index (χ0n) is 16.8. The predicted octanol–water partition coefficient (Wildman–Crippen LogP) is 4.52. The molecule has 2 aromatic carbocycles. The molecular formula is C23H27ClNO4+. The summed E-state index contributed by atoms with van der Waals surface area (Å²) in [5, 5.41) is 0.670. The van der Waals surface area contributed by atoms with Gasteiger partial charge in [-0.05, 0) is 55.5 Å². The van der Waals surface area contributed by atoms with Crippen molar-refractivity contribution in [1.29, 1.82) is 0 Å². The molecule has 0 unspecified atom stereocenters. The third-order valence-electron chi connectivity index (χ3n) is 5.16. The number of ketones is 1. The van der Waals surface area contributed by atoms with E-state index in [9.17, 15) is 4.79 Å². The number of benzene rings is 2. The summed E-state index contributed by atoms with van der Waals surface area (Å²) in [7, 11) is 3.33. The summed E-state index contributed by atoms with van der Waals surface area (Å²) in [5.74, 6) is 1.56. The summed E-state index contributed by atoms with van der Waals surface area (Å²) < 4.78 is 15.5. The Morgan fingerprint density at radius 3 is 2.79 bits per heavy atom. The van der Waals surface area contributed by atoms with Crippen LogP contribution < -0.4 is 10.5 Å². The Bertz CT molecular complexity index is 910. The van der Waals surface area contributed by atoms with E-state index in [2.05, 4.69) is 4.74 Å². The van der Waals surface area contributed by atoms with E-state index in [1.54, 1.807) is 14.2 Å². The van der Waals surface area contributed by atoms with Crippen molar-refractivity contribution in [2.24, 2.45) is 11.7 Å². The molecule has 0 amide bonds. The van der Waals surface area contributed by atoms with Crippen molar-refractivity contribution in [1.82, 2.24) is 0 Å². The van der Waals surface area contributed by atoms with Gasteiger partial charge in [0, 0.05) is 17.0 Å². The van der Waals surface area contributed by atoms with Crippen molar-refractivity contribution >= 4 is 17.4 Å². The number of halogens is 1. The van der Waals surface area contributed by atoms with E-state index >= 15 is 0 Å². The SMILES string of the molecule is COc1ccc([OH+]C)c(COC2=C(N)CCC[C@@H](Cc3cccc(Cl)c3)C2=O)c1. The Hall–Kier alpha value is -2.66. The summed E-state index contributed by atoms with van der Waals surface area (Å²) in [4.78, 5) is 13.2. The molecule has 0 aliphatic heterocycles. The molecule has 0 aromatic heterocycles. The van der Waals surface area contributed by atoms with Crippen LogP contribution in [0.1, 0.15) is 30.4 Å². The van der Waals surface area contributed by atoms with Gasteiger partial charge < -0.3 is 19.9 Å². The average molecular weight is 417 g/mol. The van der Waals surface area contributed by atoms with Gasteiger partial charge in [-0.1, -0.05) is 23.7 Å². The number of allylic oxidation sites excluding steroid dienone is 2. The number of hydrogen-bond acceptors (Lipinski definition) is 4. The summed E-state index contributed by atoms with van der Waals surface area (Å²) in [6.07, 6.45) is 2.89. The van der Waals surface area contributed by atoms with Crippen molar-refractivity contribution < 1.29 is 19.0 Å². The van der Waals surface area contributed by atoms with E-state index < -0.39 is 0 Å². The Morgan fingerprint density at radius 1 is 1.24 bits per heavy atom. The summed E-state index contributed by atoms with van der Waals surface area (Å²) in [6.45, 7) is 0.204. The second kappa shape index (κ2) is 9.70. The van der Waals surface area contributed by atoms with Crippen molar-refractivity contribution in [3.05, 3.63) is 70.1 Å². The summed E-state index contributed by atoms with van der Waals surface area (Å²) in [6, 6.07) is 13.2. The standard InChI is InChI=1S/C23H26ClNO4/c1-27-19-9-10-21(28-2)17(13-19)14-29-23-20(25)8-4-6-16(22(23)26)11-15-5-3-7-18(24)12-15/h3,5,7,9-10,12-13,16H,4,6,8,11,14,25H2,1-2H3/p+1/t16-/m0/s1. The van der Waals surface area contributed by atoms with Crippen LogP contribution in [0, 0.1) is 5.92 Å². The second-order valence-electron chi connectivity index (χ2n) is 7.15. The minimum atomic E-state index is -0.176. The molecule has 3 rings (SSSR count). The largest absolute Gasteiger partial charge is 0.584 e. The predicted molar refractivity (Wildman–Crippen MR) is 114 cm³/mol. The first-order valence-corrected chi connectivity index (χ1v) is 10.1. The highest BCUT2D eigenvalue weighted by Gasteiger charge is 2.29. The highest BCUT2D eigenvalue weighted by Crippen LogP contribution is 2.30. The summed E-state index contributed by atoms with van der Waals surface area (Å²) >= 11 is 6.10. The lowest BCUT2D eigenvalue weighted by molar-refractivity contribution is -0.123.